The summed E-state index contributed by atoms with van der Waals surface area (Å²) in [4.78, 5) is 11.6. The number of anilines is 2. The average Bonchev–Trinajstić information content (AvgIpc) is 2.93. The van der Waals surface area contributed by atoms with Crippen LogP contribution in [0.2, 0.25) is 0 Å². The summed E-state index contributed by atoms with van der Waals surface area (Å²) in [6.45, 7) is 0.334. The summed E-state index contributed by atoms with van der Waals surface area (Å²) >= 11 is 0. The second kappa shape index (κ2) is 11.5. The van der Waals surface area contributed by atoms with Gasteiger partial charge in [0.15, 0.2) is 11.5 Å². The van der Waals surface area contributed by atoms with Gasteiger partial charge < -0.3 is 14.2 Å². The first-order valence-electron chi connectivity index (χ1n) is 11.1. The molecule has 0 N–H and O–H groups in total. The van der Waals surface area contributed by atoms with E-state index in [2.05, 4.69) is 0 Å². The number of hydrogen-bond acceptors (Lipinski definition) is 6. The van der Waals surface area contributed by atoms with Crippen molar-refractivity contribution in [3.05, 3.63) is 120 Å². The zero-order valence-corrected chi connectivity index (χ0v) is 19.6. The molecule has 0 amide bonds. The lowest BCUT2D eigenvalue weighted by Gasteiger charge is -2.19. The maximum atomic E-state index is 11.6. The Labute approximate surface area is 205 Å². The molecule has 0 aliphatic rings. The molecule has 4 aromatic rings. The number of rotatable bonds is 9. The van der Waals surface area contributed by atoms with E-state index in [9.17, 15) is 4.79 Å². The third-order valence-electron chi connectivity index (χ3n) is 5.28. The Hall–Kier alpha value is -4.58. The van der Waals surface area contributed by atoms with Crippen LogP contribution in [0.5, 0.6) is 11.5 Å². The molecule has 0 saturated heterocycles. The molecule has 4 rings (SSSR count). The Kier molecular flexibility index (Phi) is 7.76. The molecule has 0 spiro atoms. The van der Waals surface area contributed by atoms with E-state index >= 15 is 0 Å². The molecule has 4 aromatic carbocycles. The third kappa shape index (κ3) is 6.06. The van der Waals surface area contributed by atoms with E-state index in [1.165, 1.54) is 7.11 Å². The number of carbonyl (C=O) groups is 1. The zero-order chi connectivity index (χ0) is 24.5. The van der Waals surface area contributed by atoms with Gasteiger partial charge in [0.1, 0.15) is 6.61 Å². The van der Waals surface area contributed by atoms with Crippen molar-refractivity contribution in [2.45, 2.75) is 6.61 Å². The van der Waals surface area contributed by atoms with Crippen molar-refractivity contribution in [2.75, 3.05) is 19.2 Å². The molecule has 0 heterocycles. The normalized spacial score (nSPS) is 10.7. The average molecular weight is 467 g/mol. The van der Waals surface area contributed by atoms with Gasteiger partial charge in [-0.05, 0) is 65.7 Å². The highest BCUT2D eigenvalue weighted by molar-refractivity contribution is 5.89. The van der Waals surface area contributed by atoms with Crippen LogP contribution in [0.4, 0.5) is 11.4 Å². The molecule has 6 nitrogen and oxygen atoms in total. The maximum absolute atomic E-state index is 11.6. The van der Waals surface area contributed by atoms with Gasteiger partial charge in [0.25, 0.3) is 0 Å². The number of para-hydroxylation sites is 2. The van der Waals surface area contributed by atoms with Crippen LogP contribution in [0.15, 0.2) is 108 Å². The smallest absolute Gasteiger partial charge is 0.337 e. The minimum absolute atomic E-state index is 0.334. The number of nitrogens with zero attached hydrogens (tertiary/aromatic N) is 2. The Morgan fingerprint density at radius 3 is 2.00 bits per heavy atom. The second-order valence-corrected chi connectivity index (χ2v) is 7.61. The summed E-state index contributed by atoms with van der Waals surface area (Å²) in [5.41, 5.74) is 4.21. The molecule has 6 heteroatoms. The first-order valence-corrected chi connectivity index (χ1v) is 11.1. The van der Waals surface area contributed by atoms with Crippen LogP contribution in [0.3, 0.4) is 0 Å². The highest BCUT2D eigenvalue weighted by Gasteiger charge is 2.09. The minimum atomic E-state index is -0.366. The number of hydrazone groups is 1. The lowest BCUT2D eigenvalue weighted by molar-refractivity contribution is 0.0600. The molecule has 176 valence electrons. The fraction of sp³-hybridized carbons (Fsp3) is 0.103. The third-order valence-corrected chi connectivity index (χ3v) is 5.28. The summed E-state index contributed by atoms with van der Waals surface area (Å²) in [6.07, 6.45) is 1.79. The minimum Gasteiger partial charge on any atom is -0.493 e. The number of benzene rings is 4. The van der Waals surface area contributed by atoms with Gasteiger partial charge in [-0.1, -0.05) is 48.5 Å². The van der Waals surface area contributed by atoms with Gasteiger partial charge in [0.05, 0.1) is 37.4 Å². The van der Waals surface area contributed by atoms with Crippen molar-refractivity contribution in [3.63, 3.8) is 0 Å². The van der Waals surface area contributed by atoms with E-state index in [1.807, 2.05) is 96.0 Å². The molecule has 0 aliphatic carbocycles. The van der Waals surface area contributed by atoms with Gasteiger partial charge in [0, 0.05) is 0 Å². The van der Waals surface area contributed by atoms with Crippen molar-refractivity contribution in [2.24, 2.45) is 5.10 Å². The van der Waals surface area contributed by atoms with Gasteiger partial charge in [-0.3, -0.25) is 0 Å². The van der Waals surface area contributed by atoms with Crippen LogP contribution in [-0.2, 0) is 11.3 Å². The standard InChI is InChI=1S/C29H26N2O4/c1-33-28-19-23(15-18-27(28)35-21-22-13-16-24(17-14-22)29(32)34-2)20-30-31(25-9-5-3-6-10-25)26-11-7-4-8-12-26/h3-20H,21H2,1-2H3/b30-20-. The predicted octanol–water partition coefficient (Wildman–Crippen LogP) is 6.23. The van der Waals surface area contributed by atoms with E-state index in [0.29, 0.717) is 23.7 Å². The van der Waals surface area contributed by atoms with Gasteiger partial charge in [-0.2, -0.15) is 5.10 Å². The van der Waals surface area contributed by atoms with Crippen LogP contribution >= 0.6 is 0 Å². The molecule has 0 aromatic heterocycles. The van der Waals surface area contributed by atoms with E-state index in [0.717, 1.165) is 22.5 Å². The molecule has 0 radical (unpaired) electrons. The fourth-order valence-electron chi connectivity index (χ4n) is 3.44. The van der Waals surface area contributed by atoms with Gasteiger partial charge in [-0.25, -0.2) is 9.80 Å². The quantitative estimate of drug-likeness (QED) is 0.166. The number of methoxy groups -OCH3 is 2. The second-order valence-electron chi connectivity index (χ2n) is 7.61. The maximum Gasteiger partial charge on any atom is 0.337 e. The highest BCUT2D eigenvalue weighted by Crippen LogP contribution is 2.29. The lowest BCUT2D eigenvalue weighted by Crippen LogP contribution is -2.09. The van der Waals surface area contributed by atoms with Crippen LogP contribution in [0.25, 0.3) is 0 Å². The Bertz CT molecular complexity index is 1230. The van der Waals surface area contributed by atoms with E-state index < -0.39 is 0 Å². The molecule has 0 aliphatic heterocycles. The summed E-state index contributed by atoms with van der Waals surface area (Å²) in [6, 6.07) is 32.7. The number of hydrogen-bond donors (Lipinski definition) is 0. The molecular formula is C29H26N2O4. The molecular weight excluding hydrogens is 440 g/mol. The number of esters is 1. The van der Waals surface area contributed by atoms with Gasteiger partial charge >= 0.3 is 5.97 Å². The van der Waals surface area contributed by atoms with E-state index in [4.69, 9.17) is 19.3 Å². The highest BCUT2D eigenvalue weighted by atomic mass is 16.5. The molecule has 0 bridgehead atoms. The topological polar surface area (TPSA) is 60.4 Å². The van der Waals surface area contributed by atoms with Crippen molar-refractivity contribution < 1.29 is 19.0 Å². The summed E-state index contributed by atoms with van der Waals surface area (Å²) < 4.78 is 16.2. The lowest BCUT2D eigenvalue weighted by atomic mass is 10.1. The molecule has 0 fully saturated rings. The van der Waals surface area contributed by atoms with E-state index in [-0.39, 0.29) is 5.97 Å². The van der Waals surface area contributed by atoms with Crippen LogP contribution in [-0.4, -0.2) is 26.4 Å². The van der Waals surface area contributed by atoms with Crippen LogP contribution < -0.4 is 14.5 Å². The van der Waals surface area contributed by atoms with Gasteiger partial charge in [-0.15, -0.1) is 0 Å². The van der Waals surface area contributed by atoms with Gasteiger partial charge in [0.2, 0.25) is 0 Å². The Balaban J connectivity index is 1.49. The summed E-state index contributed by atoms with van der Waals surface area (Å²) in [7, 11) is 2.97. The zero-order valence-electron chi connectivity index (χ0n) is 19.6. The molecule has 0 unspecified atom stereocenters. The monoisotopic (exact) mass is 466 g/mol. The first kappa shape index (κ1) is 23.6. The van der Waals surface area contributed by atoms with Crippen LogP contribution in [0.1, 0.15) is 21.5 Å². The fourth-order valence-corrected chi connectivity index (χ4v) is 3.44. The van der Waals surface area contributed by atoms with Crippen molar-refractivity contribution in [1.29, 1.82) is 0 Å². The Morgan fingerprint density at radius 2 is 1.43 bits per heavy atom. The van der Waals surface area contributed by atoms with Crippen molar-refractivity contribution in [1.82, 2.24) is 0 Å². The van der Waals surface area contributed by atoms with E-state index in [1.54, 1.807) is 25.5 Å². The SMILES string of the molecule is COC(=O)c1ccc(COc2ccc(/C=N\N(c3ccccc3)c3ccccc3)cc2OC)cc1. The summed E-state index contributed by atoms with van der Waals surface area (Å²) in [5.74, 6) is 0.852. The number of ether oxygens (including phenoxy) is 3. The summed E-state index contributed by atoms with van der Waals surface area (Å²) in [5, 5.41) is 6.62. The van der Waals surface area contributed by atoms with Crippen molar-refractivity contribution in [3.8, 4) is 11.5 Å². The molecule has 35 heavy (non-hydrogen) atoms. The van der Waals surface area contributed by atoms with Crippen LogP contribution in [0, 0.1) is 0 Å². The Morgan fingerprint density at radius 1 is 0.800 bits per heavy atom. The van der Waals surface area contributed by atoms with Crippen molar-refractivity contribution >= 4 is 23.6 Å². The largest absolute Gasteiger partial charge is 0.493 e. The number of carbonyl (C=O) groups excluding carboxylic acids is 1. The predicted molar refractivity (Wildman–Crippen MR) is 138 cm³/mol. The molecule has 0 saturated carbocycles. The first-order chi connectivity index (χ1) is 17.2. The molecule has 0 atom stereocenters.